The Morgan fingerprint density at radius 1 is 1.33 bits per heavy atom. The third-order valence-electron chi connectivity index (χ3n) is 3.78. The van der Waals surface area contributed by atoms with Gasteiger partial charge in [-0.15, -0.1) is 0 Å². The van der Waals surface area contributed by atoms with Crippen molar-refractivity contribution in [3.63, 3.8) is 0 Å². The number of hydrogen-bond acceptors (Lipinski definition) is 2. The fraction of sp³-hybridized carbons (Fsp3) is 0.588. The molecule has 116 valence electrons. The number of alkyl halides is 1. The lowest BCUT2D eigenvalue weighted by molar-refractivity contribution is 0.0111. The number of likely N-dealkylation sites (tertiary alicyclic amines) is 1. The molecule has 4 heteroatoms. The molecule has 0 aliphatic carbocycles. The fourth-order valence-corrected chi connectivity index (χ4v) is 2.75. The molecule has 1 saturated heterocycles. The second-order valence-corrected chi connectivity index (χ2v) is 6.69. The Bertz CT molecular complexity index is 510. The van der Waals surface area contributed by atoms with E-state index in [1.807, 2.05) is 52.0 Å². The number of carbonyl (C=O) groups is 1. The molecule has 0 saturated carbocycles. The van der Waals surface area contributed by atoms with Crippen molar-refractivity contribution in [3.05, 3.63) is 35.4 Å². The average molecular weight is 293 g/mol. The van der Waals surface area contributed by atoms with Crippen LogP contribution in [0.5, 0.6) is 0 Å². The molecule has 1 fully saturated rings. The summed E-state index contributed by atoms with van der Waals surface area (Å²) in [6, 6.07) is 7.88. The summed E-state index contributed by atoms with van der Waals surface area (Å²) in [6.07, 6.45) is -0.841. The largest absolute Gasteiger partial charge is 0.444 e. The molecule has 0 aromatic heterocycles. The van der Waals surface area contributed by atoms with Crippen molar-refractivity contribution >= 4 is 6.09 Å². The summed E-state index contributed by atoms with van der Waals surface area (Å²) in [5.41, 5.74) is 1.61. The fourth-order valence-electron chi connectivity index (χ4n) is 2.75. The maximum Gasteiger partial charge on any atom is 0.410 e. The molecule has 0 unspecified atom stereocenters. The zero-order valence-corrected chi connectivity index (χ0v) is 13.2. The number of aryl methyl sites for hydroxylation is 1. The Labute approximate surface area is 126 Å². The van der Waals surface area contributed by atoms with Crippen molar-refractivity contribution in [3.8, 4) is 0 Å². The summed E-state index contributed by atoms with van der Waals surface area (Å²) in [7, 11) is 0. The molecule has 1 aliphatic rings. The van der Waals surface area contributed by atoms with Gasteiger partial charge in [-0.2, -0.15) is 0 Å². The molecular formula is C17H24FNO2. The van der Waals surface area contributed by atoms with Gasteiger partial charge >= 0.3 is 6.09 Å². The van der Waals surface area contributed by atoms with Gasteiger partial charge in [0.25, 0.3) is 0 Å². The van der Waals surface area contributed by atoms with E-state index in [0.717, 1.165) is 11.1 Å². The molecule has 0 N–H and O–H groups in total. The molecule has 2 atom stereocenters. The molecule has 1 amide bonds. The molecule has 1 aromatic rings. The van der Waals surface area contributed by atoms with Gasteiger partial charge in [-0.3, -0.25) is 0 Å². The first-order valence-corrected chi connectivity index (χ1v) is 7.45. The molecule has 1 aromatic carbocycles. The average Bonchev–Trinajstić information content (AvgIpc) is 2.38. The summed E-state index contributed by atoms with van der Waals surface area (Å²) >= 11 is 0. The van der Waals surface area contributed by atoms with Gasteiger partial charge in [-0.1, -0.05) is 24.3 Å². The number of nitrogens with zero attached hydrogens (tertiary/aromatic N) is 1. The molecule has 1 aliphatic heterocycles. The van der Waals surface area contributed by atoms with Crippen LogP contribution in [0.2, 0.25) is 0 Å². The van der Waals surface area contributed by atoms with E-state index in [2.05, 4.69) is 0 Å². The Morgan fingerprint density at radius 2 is 2.00 bits per heavy atom. The lowest BCUT2D eigenvalue weighted by Crippen LogP contribution is -2.46. The maximum absolute atomic E-state index is 14.5. The minimum absolute atomic E-state index is 0.105. The predicted octanol–water partition coefficient (Wildman–Crippen LogP) is 4.06. The van der Waals surface area contributed by atoms with Crippen LogP contribution < -0.4 is 0 Å². The maximum atomic E-state index is 14.5. The van der Waals surface area contributed by atoms with Crippen molar-refractivity contribution < 1.29 is 13.9 Å². The van der Waals surface area contributed by atoms with E-state index in [0.29, 0.717) is 13.0 Å². The van der Waals surface area contributed by atoms with Crippen LogP contribution in [0.25, 0.3) is 0 Å². The first-order valence-electron chi connectivity index (χ1n) is 7.45. The molecule has 1 heterocycles. The van der Waals surface area contributed by atoms with Crippen LogP contribution in [0.4, 0.5) is 9.18 Å². The van der Waals surface area contributed by atoms with Gasteiger partial charge < -0.3 is 9.64 Å². The van der Waals surface area contributed by atoms with Gasteiger partial charge in [0.1, 0.15) is 11.8 Å². The van der Waals surface area contributed by atoms with E-state index in [1.54, 1.807) is 0 Å². The Balaban J connectivity index is 2.03. The lowest BCUT2D eigenvalue weighted by atomic mass is 9.85. The second kappa shape index (κ2) is 6.04. The van der Waals surface area contributed by atoms with Crippen molar-refractivity contribution in [2.24, 2.45) is 0 Å². The number of carbonyl (C=O) groups excluding carboxylic acids is 1. The second-order valence-electron chi connectivity index (χ2n) is 6.69. The van der Waals surface area contributed by atoms with Crippen LogP contribution in [0.15, 0.2) is 24.3 Å². The van der Waals surface area contributed by atoms with E-state index < -0.39 is 17.9 Å². The van der Waals surface area contributed by atoms with Crippen LogP contribution in [-0.2, 0) is 4.74 Å². The molecule has 2 rings (SSSR count). The van der Waals surface area contributed by atoms with Gasteiger partial charge in [0.05, 0.1) is 6.54 Å². The highest BCUT2D eigenvalue weighted by atomic mass is 19.1. The van der Waals surface area contributed by atoms with Crippen molar-refractivity contribution in [2.45, 2.75) is 51.8 Å². The van der Waals surface area contributed by atoms with E-state index in [4.69, 9.17) is 4.74 Å². The standard InChI is InChI=1S/C17H24FNO2/c1-12-7-5-6-8-13(12)14-9-10-19(11-15(14)18)16(20)21-17(2,3)4/h5-8,14-15H,9-11H2,1-4H3/t14-,15+/m1/s1. The van der Waals surface area contributed by atoms with Crippen LogP contribution in [0.3, 0.4) is 0 Å². The summed E-state index contributed by atoms with van der Waals surface area (Å²) in [4.78, 5) is 13.5. The summed E-state index contributed by atoms with van der Waals surface area (Å²) in [5, 5.41) is 0. The predicted molar refractivity (Wildman–Crippen MR) is 81.2 cm³/mol. The van der Waals surface area contributed by atoms with Gasteiger partial charge in [0, 0.05) is 12.5 Å². The third-order valence-corrected chi connectivity index (χ3v) is 3.78. The smallest absolute Gasteiger partial charge is 0.410 e. The summed E-state index contributed by atoms with van der Waals surface area (Å²) < 4.78 is 19.8. The van der Waals surface area contributed by atoms with Gasteiger partial charge in [-0.25, -0.2) is 9.18 Å². The van der Waals surface area contributed by atoms with Gasteiger partial charge in [0.2, 0.25) is 0 Å². The monoisotopic (exact) mass is 293 g/mol. The minimum Gasteiger partial charge on any atom is -0.444 e. The normalized spacial score (nSPS) is 23.0. The topological polar surface area (TPSA) is 29.5 Å². The van der Waals surface area contributed by atoms with Crippen LogP contribution in [0, 0.1) is 6.92 Å². The first kappa shape index (κ1) is 15.8. The zero-order chi connectivity index (χ0) is 15.6. The Hall–Kier alpha value is -1.58. The number of halogens is 1. The van der Waals surface area contributed by atoms with Gasteiger partial charge in [0.15, 0.2) is 0 Å². The number of hydrogen-bond donors (Lipinski definition) is 0. The first-order chi connectivity index (χ1) is 9.78. The lowest BCUT2D eigenvalue weighted by Gasteiger charge is -2.36. The third kappa shape index (κ3) is 3.96. The number of rotatable bonds is 1. The quantitative estimate of drug-likeness (QED) is 0.781. The minimum atomic E-state index is -1.05. The van der Waals surface area contributed by atoms with E-state index in [1.165, 1.54) is 4.90 Å². The Morgan fingerprint density at radius 3 is 2.57 bits per heavy atom. The zero-order valence-electron chi connectivity index (χ0n) is 13.2. The summed E-state index contributed by atoms with van der Waals surface area (Å²) in [5.74, 6) is -0.134. The molecule has 3 nitrogen and oxygen atoms in total. The Kier molecular flexibility index (Phi) is 4.55. The number of benzene rings is 1. The van der Waals surface area contributed by atoms with Crippen molar-refractivity contribution in [1.82, 2.24) is 4.90 Å². The van der Waals surface area contributed by atoms with Crippen LogP contribution >= 0.6 is 0 Å². The van der Waals surface area contributed by atoms with E-state index in [9.17, 15) is 9.18 Å². The SMILES string of the molecule is Cc1ccccc1[C@H]1CCN(C(=O)OC(C)(C)C)C[C@@H]1F. The van der Waals surface area contributed by atoms with Crippen molar-refractivity contribution in [2.75, 3.05) is 13.1 Å². The van der Waals surface area contributed by atoms with E-state index >= 15 is 0 Å². The molecule has 0 radical (unpaired) electrons. The molecule has 0 spiro atoms. The number of ether oxygens (including phenoxy) is 1. The molecule has 0 bridgehead atoms. The molecule has 21 heavy (non-hydrogen) atoms. The van der Waals surface area contributed by atoms with Gasteiger partial charge in [-0.05, 0) is 45.2 Å². The molecular weight excluding hydrogens is 269 g/mol. The van der Waals surface area contributed by atoms with E-state index in [-0.39, 0.29) is 12.5 Å². The van der Waals surface area contributed by atoms with Crippen LogP contribution in [0.1, 0.15) is 44.2 Å². The number of amides is 1. The highest BCUT2D eigenvalue weighted by molar-refractivity contribution is 5.68. The number of piperidine rings is 1. The highest BCUT2D eigenvalue weighted by Gasteiger charge is 2.34. The highest BCUT2D eigenvalue weighted by Crippen LogP contribution is 2.32. The summed E-state index contributed by atoms with van der Waals surface area (Å²) in [6.45, 7) is 8.10. The van der Waals surface area contributed by atoms with Crippen molar-refractivity contribution in [1.29, 1.82) is 0 Å². The van der Waals surface area contributed by atoms with Crippen LogP contribution in [-0.4, -0.2) is 35.9 Å².